The lowest BCUT2D eigenvalue weighted by Crippen LogP contribution is -2.40. The Morgan fingerprint density at radius 3 is 2.12 bits per heavy atom. The monoisotopic (exact) mass is 394 g/mol. The number of rotatable bonds is 3. The fraction of sp³-hybridized carbons (Fsp3) is 0.429. The van der Waals surface area contributed by atoms with Crippen LogP contribution >= 0.6 is 23.2 Å². The lowest BCUT2D eigenvalue weighted by Gasteiger charge is -2.30. The molecule has 1 aromatic rings. The van der Waals surface area contributed by atoms with Crippen molar-refractivity contribution in [2.45, 2.75) is 24.7 Å². The van der Waals surface area contributed by atoms with Crippen LogP contribution < -0.4 is 4.74 Å². The molecule has 1 aromatic carbocycles. The number of nitrogens with zero attached hydrogens (tertiary/aromatic N) is 1. The van der Waals surface area contributed by atoms with Gasteiger partial charge in [0.05, 0.1) is 20.9 Å². The number of piperidine rings is 1. The second-order valence-corrected chi connectivity index (χ2v) is 7.57. The normalized spacial score (nSPS) is 16.1. The molecule has 0 N–H and O–H groups in total. The third-order valence-electron chi connectivity index (χ3n) is 3.74. The highest BCUT2D eigenvalue weighted by atomic mass is 35.5. The number of amides is 1. The highest BCUT2D eigenvalue weighted by molar-refractivity contribution is 7.85. The lowest BCUT2D eigenvalue weighted by molar-refractivity contribution is -0.142. The average Bonchev–Trinajstić information content (AvgIpc) is 2.49. The number of esters is 1. The van der Waals surface area contributed by atoms with Gasteiger partial charge in [0.15, 0.2) is 5.75 Å². The van der Waals surface area contributed by atoms with Crippen molar-refractivity contribution in [3.8, 4) is 5.75 Å². The fourth-order valence-electron chi connectivity index (χ4n) is 2.39. The SMILES string of the molecule is CC(=O)N1CCC(C(=O)Oc2c(Cl)cc(S(=O)(=O)[O-])cc2Cl)CC1. The summed E-state index contributed by atoms with van der Waals surface area (Å²) in [6.07, 6.45) is 0.890. The number of hydrogen-bond acceptors (Lipinski definition) is 6. The van der Waals surface area contributed by atoms with Gasteiger partial charge in [0.1, 0.15) is 10.1 Å². The molecule has 0 radical (unpaired) electrons. The molecule has 1 aliphatic rings. The van der Waals surface area contributed by atoms with Crippen LogP contribution in [0.25, 0.3) is 0 Å². The minimum absolute atomic E-state index is 0.0534. The zero-order valence-electron chi connectivity index (χ0n) is 12.6. The van der Waals surface area contributed by atoms with Crippen LogP contribution in [0.1, 0.15) is 19.8 Å². The van der Waals surface area contributed by atoms with Crippen molar-refractivity contribution in [3.63, 3.8) is 0 Å². The van der Waals surface area contributed by atoms with Gasteiger partial charge in [0.2, 0.25) is 5.91 Å². The number of carbonyl (C=O) groups excluding carboxylic acids is 2. The standard InChI is InChI=1S/C14H15Cl2NO6S/c1-8(18)17-4-2-9(3-5-17)14(19)23-13-11(15)6-10(7-12(13)16)24(20,21)22/h6-7,9H,2-5H2,1H3,(H,20,21,22)/p-1. The molecular weight excluding hydrogens is 381 g/mol. The van der Waals surface area contributed by atoms with Crippen LogP contribution in [0.4, 0.5) is 0 Å². The Kier molecular flexibility index (Phi) is 5.74. The van der Waals surface area contributed by atoms with E-state index in [-0.39, 0.29) is 21.7 Å². The predicted molar refractivity (Wildman–Crippen MR) is 85.0 cm³/mol. The van der Waals surface area contributed by atoms with E-state index in [1.807, 2.05) is 0 Å². The largest absolute Gasteiger partial charge is 0.744 e. The molecule has 1 aliphatic heterocycles. The van der Waals surface area contributed by atoms with E-state index in [1.165, 1.54) is 6.92 Å². The molecule has 24 heavy (non-hydrogen) atoms. The average molecular weight is 395 g/mol. The molecule has 1 saturated heterocycles. The zero-order chi connectivity index (χ0) is 18.1. The molecule has 132 valence electrons. The molecule has 1 fully saturated rings. The summed E-state index contributed by atoms with van der Waals surface area (Å²) in [7, 11) is -4.72. The van der Waals surface area contributed by atoms with Crippen LogP contribution in [0.2, 0.25) is 10.0 Å². The van der Waals surface area contributed by atoms with E-state index in [4.69, 9.17) is 27.9 Å². The van der Waals surface area contributed by atoms with Gasteiger partial charge in [0, 0.05) is 20.0 Å². The van der Waals surface area contributed by atoms with Gasteiger partial charge in [-0.3, -0.25) is 9.59 Å². The van der Waals surface area contributed by atoms with E-state index >= 15 is 0 Å². The van der Waals surface area contributed by atoms with Gasteiger partial charge in [-0.05, 0) is 25.0 Å². The maximum atomic E-state index is 12.2. The van der Waals surface area contributed by atoms with Crippen molar-refractivity contribution in [2.24, 2.45) is 5.92 Å². The third kappa shape index (κ3) is 4.38. The molecule has 2 rings (SSSR count). The Bertz CT molecular complexity index is 748. The molecule has 7 nitrogen and oxygen atoms in total. The van der Waals surface area contributed by atoms with Gasteiger partial charge in [0.25, 0.3) is 0 Å². The van der Waals surface area contributed by atoms with E-state index < -0.39 is 26.9 Å². The Hall–Kier alpha value is -1.35. The minimum atomic E-state index is -4.72. The summed E-state index contributed by atoms with van der Waals surface area (Å²) in [5.41, 5.74) is 0. The molecule has 0 bridgehead atoms. The molecule has 0 aliphatic carbocycles. The Labute approximate surface area is 149 Å². The fourth-order valence-corrected chi connectivity index (χ4v) is 3.61. The van der Waals surface area contributed by atoms with Crippen molar-refractivity contribution in [1.29, 1.82) is 0 Å². The first-order valence-electron chi connectivity index (χ1n) is 7.01. The maximum Gasteiger partial charge on any atom is 0.314 e. The lowest BCUT2D eigenvalue weighted by atomic mass is 9.97. The molecule has 1 amide bonds. The summed E-state index contributed by atoms with van der Waals surface area (Å²) >= 11 is 11.7. The van der Waals surface area contributed by atoms with Crippen molar-refractivity contribution in [2.75, 3.05) is 13.1 Å². The van der Waals surface area contributed by atoms with E-state index in [9.17, 15) is 22.6 Å². The van der Waals surface area contributed by atoms with E-state index in [0.29, 0.717) is 25.9 Å². The number of benzene rings is 1. The molecule has 10 heteroatoms. The van der Waals surface area contributed by atoms with Crippen LogP contribution in [0.3, 0.4) is 0 Å². The first-order valence-corrected chi connectivity index (χ1v) is 9.18. The van der Waals surface area contributed by atoms with E-state index in [0.717, 1.165) is 12.1 Å². The van der Waals surface area contributed by atoms with Crippen molar-refractivity contribution >= 4 is 45.2 Å². The molecule has 0 aromatic heterocycles. The Morgan fingerprint density at radius 2 is 1.71 bits per heavy atom. The second kappa shape index (κ2) is 7.26. The van der Waals surface area contributed by atoms with Crippen LogP contribution in [0, 0.1) is 5.92 Å². The third-order valence-corrected chi connectivity index (χ3v) is 5.11. The van der Waals surface area contributed by atoms with Gasteiger partial charge in [-0.2, -0.15) is 0 Å². The van der Waals surface area contributed by atoms with Crippen LogP contribution in [-0.2, 0) is 19.7 Å². The summed E-state index contributed by atoms with van der Waals surface area (Å²) in [5, 5.41) is -0.488. The molecule has 0 unspecified atom stereocenters. The number of ether oxygens (including phenoxy) is 1. The number of likely N-dealkylation sites (tertiary alicyclic amines) is 1. The first-order chi connectivity index (χ1) is 11.1. The maximum absolute atomic E-state index is 12.2. The summed E-state index contributed by atoms with van der Waals surface area (Å²) in [4.78, 5) is 24.5. The smallest absolute Gasteiger partial charge is 0.314 e. The molecule has 0 spiro atoms. The Balaban J connectivity index is 2.11. The van der Waals surface area contributed by atoms with Crippen molar-refractivity contribution < 1.29 is 27.3 Å². The van der Waals surface area contributed by atoms with Crippen molar-refractivity contribution in [3.05, 3.63) is 22.2 Å². The highest BCUT2D eigenvalue weighted by Crippen LogP contribution is 2.36. The first kappa shape index (κ1) is 19.0. The topological polar surface area (TPSA) is 104 Å². The second-order valence-electron chi connectivity index (χ2n) is 5.37. The summed E-state index contributed by atoms with van der Waals surface area (Å²) in [6, 6.07) is 1.77. The molecule has 0 atom stereocenters. The van der Waals surface area contributed by atoms with Gasteiger partial charge in [-0.1, -0.05) is 23.2 Å². The Morgan fingerprint density at radius 1 is 1.21 bits per heavy atom. The molecule has 0 saturated carbocycles. The van der Waals surface area contributed by atoms with Crippen molar-refractivity contribution in [1.82, 2.24) is 4.90 Å². The summed E-state index contributed by atoms with van der Waals surface area (Å²) in [6.45, 7) is 2.36. The van der Waals surface area contributed by atoms with E-state index in [2.05, 4.69) is 0 Å². The molecule has 1 heterocycles. The number of carbonyl (C=O) groups is 2. The van der Waals surface area contributed by atoms with Crippen LogP contribution in [0.15, 0.2) is 17.0 Å². The minimum Gasteiger partial charge on any atom is -0.744 e. The van der Waals surface area contributed by atoms with E-state index in [1.54, 1.807) is 4.90 Å². The van der Waals surface area contributed by atoms with Crippen LogP contribution in [0.5, 0.6) is 5.75 Å². The van der Waals surface area contributed by atoms with Gasteiger partial charge in [-0.15, -0.1) is 0 Å². The summed E-state index contributed by atoms with van der Waals surface area (Å²) in [5.74, 6) is -1.23. The summed E-state index contributed by atoms with van der Waals surface area (Å²) < 4.78 is 38.1. The number of hydrogen-bond donors (Lipinski definition) is 0. The van der Waals surface area contributed by atoms with Gasteiger partial charge in [-0.25, -0.2) is 8.42 Å². The highest BCUT2D eigenvalue weighted by Gasteiger charge is 2.28. The zero-order valence-corrected chi connectivity index (χ0v) is 14.9. The predicted octanol–water partition coefficient (Wildman–Crippen LogP) is 2.06. The van der Waals surface area contributed by atoms with Gasteiger partial charge >= 0.3 is 5.97 Å². The molecular formula is C14H14Cl2NO6S-. The van der Waals surface area contributed by atoms with Crippen LogP contribution in [-0.4, -0.2) is 42.8 Å². The quantitative estimate of drug-likeness (QED) is 0.441. The van der Waals surface area contributed by atoms with Gasteiger partial charge < -0.3 is 14.2 Å². The number of halogens is 2.